The van der Waals surface area contributed by atoms with Gasteiger partial charge < -0.3 is 0 Å². The van der Waals surface area contributed by atoms with E-state index in [0.29, 0.717) is 11.8 Å². The predicted octanol–water partition coefficient (Wildman–Crippen LogP) is 4.19. The number of rotatable bonds is 1. The fourth-order valence-electron chi connectivity index (χ4n) is 3.46. The van der Waals surface area contributed by atoms with Crippen molar-refractivity contribution in [1.82, 2.24) is 0 Å². The summed E-state index contributed by atoms with van der Waals surface area (Å²) < 4.78 is 0. The molecule has 2 heteroatoms. The van der Waals surface area contributed by atoms with Crippen molar-refractivity contribution in [1.29, 1.82) is 0 Å². The first-order valence-electron chi connectivity index (χ1n) is 6.62. The normalized spacial score (nSPS) is 37.1. The fraction of sp³-hybridized carbons (Fsp3) is 0.733. The molecule has 0 spiro atoms. The average Bonchev–Trinajstić information content (AvgIpc) is 2.79. The third kappa shape index (κ3) is 2.34. The Hall–Kier alpha value is -0.600. The molecule has 0 aromatic carbocycles. The molecule has 96 valence electrons. The van der Waals surface area contributed by atoms with Crippen LogP contribution in [-0.2, 0) is 4.89 Å². The van der Waals surface area contributed by atoms with E-state index in [0.717, 1.165) is 18.4 Å². The summed E-state index contributed by atoms with van der Waals surface area (Å²) in [5, 5.41) is 9.15. The molecule has 0 aromatic rings. The zero-order valence-corrected chi connectivity index (χ0v) is 11.2. The van der Waals surface area contributed by atoms with Crippen molar-refractivity contribution in [3.63, 3.8) is 0 Å². The van der Waals surface area contributed by atoms with Gasteiger partial charge in [0.25, 0.3) is 0 Å². The van der Waals surface area contributed by atoms with Crippen molar-refractivity contribution < 1.29 is 10.1 Å². The minimum absolute atomic E-state index is 0.165. The first kappa shape index (κ1) is 12.8. The summed E-state index contributed by atoms with van der Waals surface area (Å²) in [6.45, 7) is 10.9. The molecule has 0 bridgehead atoms. The van der Waals surface area contributed by atoms with Crippen LogP contribution in [0, 0.1) is 17.3 Å². The van der Waals surface area contributed by atoms with E-state index in [-0.39, 0.29) is 11.5 Å². The molecule has 0 radical (unpaired) electrons. The molecule has 2 aliphatic rings. The highest BCUT2D eigenvalue weighted by Gasteiger charge is 2.61. The second-order valence-corrected chi connectivity index (χ2v) is 6.27. The van der Waals surface area contributed by atoms with Crippen LogP contribution in [0.1, 0.15) is 46.5 Å². The minimum Gasteiger partial charge on any atom is -0.251 e. The van der Waals surface area contributed by atoms with Crippen LogP contribution in [0.5, 0.6) is 0 Å². The van der Waals surface area contributed by atoms with Crippen LogP contribution in [0.25, 0.3) is 0 Å². The Balaban J connectivity index is 2.18. The number of allylic oxidation sites excluding steroid dienone is 2. The van der Waals surface area contributed by atoms with Crippen molar-refractivity contribution in [2.24, 2.45) is 17.3 Å². The first-order valence-corrected chi connectivity index (χ1v) is 6.62. The third-order valence-electron chi connectivity index (χ3n) is 4.79. The first-order chi connectivity index (χ1) is 7.98. The van der Waals surface area contributed by atoms with Crippen LogP contribution < -0.4 is 0 Å². The maximum absolute atomic E-state index is 9.15. The second-order valence-electron chi connectivity index (χ2n) is 6.27. The molecule has 0 saturated heterocycles. The zero-order chi connectivity index (χ0) is 12.6. The maximum Gasteiger partial charge on any atom is 0.117 e. The summed E-state index contributed by atoms with van der Waals surface area (Å²) in [4.78, 5) is 4.73. The molecule has 0 heterocycles. The van der Waals surface area contributed by atoms with E-state index in [1.165, 1.54) is 18.4 Å². The summed E-state index contributed by atoms with van der Waals surface area (Å²) in [6, 6.07) is 0. The lowest BCUT2D eigenvalue weighted by atomic mass is 9.96. The van der Waals surface area contributed by atoms with Crippen molar-refractivity contribution in [3.8, 4) is 0 Å². The molecule has 2 nitrogen and oxygen atoms in total. The summed E-state index contributed by atoms with van der Waals surface area (Å²) in [6.07, 6.45) is 6.45. The Bertz CT molecular complexity index is 341. The monoisotopic (exact) mass is 236 g/mol. The van der Waals surface area contributed by atoms with Gasteiger partial charge in [-0.15, -0.1) is 0 Å². The highest BCUT2D eigenvalue weighted by molar-refractivity contribution is 5.19. The molecule has 0 aromatic heterocycles. The van der Waals surface area contributed by atoms with Crippen molar-refractivity contribution in [2.45, 2.75) is 52.6 Å². The Morgan fingerprint density at radius 3 is 2.76 bits per heavy atom. The molecule has 2 rings (SSSR count). The van der Waals surface area contributed by atoms with Crippen LogP contribution >= 0.6 is 0 Å². The van der Waals surface area contributed by atoms with E-state index >= 15 is 0 Å². The van der Waals surface area contributed by atoms with Gasteiger partial charge in [-0.05, 0) is 49.5 Å². The van der Waals surface area contributed by atoms with Gasteiger partial charge >= 0.3 is 0 Å². The molecule has 1 fully saturated rings. The van der Waals surface area contributed by atoms with Gasteiger partial charge in [-0.3, -0.25) is 5.26 Å². The Morgan fingerprint density at radius 2 is 2.12 bits per heavy atom. The SMILES string of the molecule is C=C1CCC=C(C)CCC2C(C1OO)C2(C)C. The lowest BCUT2D eigenvalue weighted by Gasteiger charge is -2.18. The van der Waals surface area contributed by atoms with E-state index in [9.17, 15) is 0 Å². The molecular weight excluding hydrogens is 212 g/mol. The molecule has 17 heavy (non-hydrogen) atoms. The summed E-state index contributed by atoms with van der Waals surface area (Å²) in [5.41, 5.74) is 2.81. The molecule has 3 unspecified atom stereocenters. The summed E-state index contributed by atoms with van der Waals surface area (Å²) in [5.74, 6) is 1.09. The van der Waals surface area contributed by atoms with Crippen LogP contribution in [-0.4, -0.2) is 11.4 Å². The third-order valence-corrected chi connectivity index (χ3v) is 4.79. The predicted molar refractivity (Wildman–Crippen MR) is 69.6 cm³/mol. The second kappa shape index (κ2) is 4.58. The fourth-order valence-corrected chi connectivity index (χ4v) is 3.46. The number of fused-ring (bicyclic) bond motifs is 1. The molecule has 0 amide bonds. The molecule has 0 aliphatic heterocycles. The highest BCUT2D eigenvalue weighted by Crippen LogP contribution is 2.63. The Kier molecular flexibility index (Phi) is 3.46. The molecule has 3 atom stereocenters. The largest absolute Gasteiger partial charge is 0.251 e. The van der Waals surface area contributed by atoms with Gasteiger partial charge in [0.05, 0.1) is 0 Å². The molecule has 1 N–H and O–H groups in total. The summed E-state index contributed by atoms with van der Waals surface area (Å²) >= 11 is 0. The summed E-state index contributed by atoms with van der Waals surface area (Å²) in [7, 11) is 0. The van der Waals surface area contributed by atoms with E-state index in [1.54, 1.807) is 0 Å². The van der Waals surface area contributed by atoms with Crippen LogP contribution in [0.3, 0.4) is 0 Å². The Morgan fingerprint density at radius 1 is 1.41 bits per heavy atom. The van der Waals surface area contributed by atoms with Crippen LogP contribution in [0.15, 0.2) is 23.8 Å². The number of hydrogen-bond donors (Lipinski definition) is 1. The van der Waals surface area contributed by atoms with Crippen molar-refractivity contribution >= 4 is 0 Å². The maximum atomic E-state index is 9.15. The van der Waals surface area contributed by atoms with Gasteiger partial charge in [0.15, 0.2) is 0 Å². The quantitative estimate of drug-likeness (QED) is 0.420. The van der Waals surface area contributed by atoms with Gasteiger partial charge in [0.1, 0.15) is 6.10 Å². The molecule has 1 saturated carbocycles. The van der Waals surface area contributed by atoms with E-state index in [1.807, 2.05) is 0 Å². The zero-order valence-electron chi connectivity index (χ0n) is 11.2. The van der Waals surface area contributed by atoms with E-state index in [2.05, 4.69) is 33.4 Å². The Labute approximate surface area is 104 Å². The lowest BCUT2D eigenvalue weighted by Crippen LogP contribution is -2.19. The van der Waals surface area contributed by atoms with Gasteiger partial charge in [-0.25, -0.2) is 4.89 Å². The van der Waals surface area contributed by atoms with Crippen LogP contribution in [0.2, 0.25) is 0 Å². The highest BCUT2D eigenvalue weighted by atomic mass is 17.1. The van der Waals surface area contributed by atoms with Gasteiger partial charge in [0, 0.05) is 5.92 Å². The standard InChI is InChI=1S/C15H24O2/c1-10-6-5-7-11(2)14(17-16)13-12(9-8-10)15(13,3)4/h6,12-14,16H,2,5,7-9H2,1,3-4H3. The smallest absolute Gasteiger partial charge is 0.117 e. The van der Waals surface area contributed by atoms with Crippen LogP contribution in [0.4, 0.5) is 0 Å². The minimum atomic E-state index is -0.165. The van der Waals surface area contributed by atoms with Crippen molar-refractivity contribution in [2.75, 3.05) is 0 Å². The lowest BCUT2D eigenvalue weighted by molar-refractivity contribution is -0.275. The van der Waals surface area contributed by atoms with E-state index in [4.69, 9.17) is 10.1 Å². The molecule has 2 aliphatic carbocycles. The topological polar surface area (TPSA) is 29.5 Å². The van der Waals surface area contributed by atoms with Gasteiger partial charge in [-0.1, -0.05) is 32.1 Å². The molecular formula is C15H24O2. The average molecular weight is 236 g/mol. The van der Waals surface area contributed by atoms with Crippen molar-refractivity contribution in [3.05, 3.63) is 23.8 Å². The van der Waals surface area contributed by atoms with Gasteiger partial charge in [0.2, 0.25) is 0 Å². The van der Waals surface area contributed by atoms with E-state index < -0.39 is 0 Å². The number of hydrogen-bond acceptors (Lipinski definition) is 2. The van der Waals surface area contributed by atoms with Gasteiger partial charge in [-0.2, -0.15) is 0 Å².